The Bertz CT molecular complexity index is 987. The third-order valence-corrected chi connectivity index (χ3v) is 5.85. The van der Waals surface area contributed by atoms with Gasteiger partial charge in [-0.1, -0.05) is 13.8 Å². The third kappa shape index (κ3) is 4.15. The number of nitrogens with one attached hydrogen (secondary N) is 1. The summed E-state index contributed by atoms with van der Waals surface area (Å²) in [5.41, 5.74) is 7.25. The molecule has 0 saturated heterocycles. The maximum atomic E-state index is 14.6. The lowest BCUT2D eigenvalue weighted by atomic mass is 9.86. The summed E-state index contributed by atoms with van der Waals surface area (Å²) in [5.74, 6) is -0.716. The normalized spacial score (nSPS) is 22.4. The van der Waals surface area contributed by atoms with Crippen LogP contribution in [0.15, 0.2) is 18.5 Å². The molecular formula is C21H26FN5O3. The number of hydrogen-bond acceptors (Lipinski definition) is 5. The number of nitrogens with two attached hydrogens (primary N) is 1. The van der Waals surface area contributed by atoms with Gasteiger partial charge in [0.1, 0.15) is 17.7 Å². The second kappa shape index (κ2) is 7.70. The van der Waals surface area contributed by atoms with Crippen LogP contribution in [0, 0.1) is 17.2 Å². The number of rotatable bonds is 4. The molecule has 0 radical (unpaired) electrons. The first-order valence-electron chi connectivity index (χ1n) is 10.2. The van der Waals surface area contributed by atoms with Crippen LogP contribution in [-0.4, -0.2) is 32.9 Å². The van der Waals surface area contributed by atoms with E-state index in [1.165, 1.54) is 0 Å². The quantitative estimate of drug-likeness (QED) is 0.796. The number of fused-ring (bicyclic) bond motifs is 1. The molecule has 2 amide bonds. The van der Waals surface area contributed by atoms with E-state index in [2.05, 4.69) is 29.2 Å². The summed E-state index contributed by atoms with van der Waals surface area (Å²) in [7, 11) is 0. The fourth-order valence-electron chi connectivity index (χ4n) is 4.47. The summed E-state index contributed by atoms with van der Waals surface area (Å²) >= 11 is 0. The highest BCUT2D eigenvalue weighted by Crippen LogP contribution is 2.38. The van der Waals surface area contributed by atoms with Crippen molar-refractivity contribution in [2.45, 2.75) is 58.6 Å². The van der Waals surface area contributed by atoms with Crippen molar-refractivity contribution in [2.75, 3.05) is 5.32 Å². The first-order chi connectivity index (χ1) is 14.2. The second-order valence-electron chi connectivity index (χ2n) is 8.96. The average molecular weight is 415 g/mol. The monoisotopic (exact) mass is 415 g/mol. The maximum Gasteiger partial charge on any atom is 0.404 e. The molecule has 0 aromatic carbocycles. The standard InChI is InChI=1S/C21H26FN5O3/c1-21(2)8-17-15(9-25-27(17)11-21)14-7-18(24-10-16(14)22)26-19(28)12-4-3-5-13(6-12)30-20(23)29/h7,9-10,12-13H,3-6,8,11H2,1-2H3,(H2,23,29)(H,24,26,28)/t12-,13+/m0/s1. The molecule has 9 heteroatoms. The number of carbonyl (C=O) groups is 2. The van der Waals surface area contributed by atoms with Gasteiger partial charge < -0.3 is 15.8 Å². The Labute approximate surface area is 174 Å². The van der Waals surface area contributed by atoms with Gasteiger partial charge in [-0.25, -0.2) is 14.2 Å². The minimum absolute atomic E-state index is 0.0728. The Kier molecular flexibility index (Phi) is 5.21. The molecule has 8 nitrogen and oxygen atoms in total. The van der Waals surface area contributed by atoms with Crippen molar-refractivity contribution < 1.29 is 18.7 Å². The van der Waals surface area contributed by atoms with Gasteiger partial charge in [0.15, 0.2) is 0 Å². The minimum Gasteiger partial charge on any atom is -0.446 e. The lowest BCUT2D eigenvalue weighted by Gasteiger charge is -2.27. The average Bonchev–Trinajstić information content (AvgIpc) is 3.18. The van der Waals surface area contributed by atoms with Crippen molar-refractivity contribution in [3.05, 3.63) is 30.0 Å². The topological polar surface area (TPSA) is 112 Å². The molecule has 0 bridgehead atoms. The number of aromatic nitrogens is 3. The van der Waals surface area contributed by atoms with Gasteiger partial charge in [-0.2, -0.15) is 5.10 Å². The number of halogens is 1. The minimum atomic E-state index is -0.831. The molecule has 1 aliphatic heterocycles. The molecule has 1 saturated carbocycles. The SMILES string of the molecule is CC1(C)Cc2c(-c3cc(NC(=O)[C@H]4CCC[C@@H](OC(N)=O)C4)ncc3F)cnn2C1. The molecule has 30 heavy (non-hydrogen) atoms. The molecule has 2 atom stereocenters. The molecule has 1 fully saturated rings. The second-order valence-corrected chi connectivity index (χ2v) is 8.96. The van der Waals surface area contributed by atoms with E-state index in [9.17, 15) is 14.0 Å². The van der Waals surface area contributed by atoms with Crippen LogP contribution in [0.3, 0.4) is 0 Å². The van der Waals surface area contributed by atoms with Crippen molar-refractivity contribution in [1.82, 2.24) is 14.8 Å². The zero-order valence-electron chi connectivity index (χ0n) is 17.2. The predicted molar refractivity (Wildman–Crippen MR) is 108 cm³/mol. The van der Waals surface area contributed by atoms with Gasteiger partial charge in [-0.05, 0) is 43.6 Å². The number of anilines is 1. The fraction of sp³-hybridized carbons (Fsp3) is 0.524. The van der Waals surface area contributed by atoms with Crippen LogP contribution in [0.4, 0.5) is 15.0 Å². The molecule has 2 aliphatic rings. The number of ether oxygens (including phenoxy) is 1. The number of pyridine rings is 1. The summed E-state index contributed by atoms with van der Waals surface area (Å²) in [5, 5.41) is 7.18. The first-order valence-corrected chi connectivity index (χ1v) is 10.2. The van der Waals surface area contributed by atoms with E-state index < -0.39 is 11.9 Å². The number of carbonyl (C=O) groups excluding carboxylic acids is 2. The van der Waals surface area contributed by atoms with Crippen LogP contribution in [-0.2, 0) is 22.5 Å². The zero-order chi connectivity index (χ0) is 21.5. The fourth-order valence-corrected chi connectivity index (χ4v) is 4.47. The van der Waals surface area contributed by atoms with Crippen molar-refractivity contribution in [2.24, 2.45) is 17.1 Å². The molecule has 160 valence electrons. The van der Waals surface area contributed by atoms with Crippen molar-refractivity contribution >= 4 is 17.8 Å². The van der Waals surface area contributed by atoms with E-state index in [0.717, 1.165) is 36.8 Å². The van der Waals surface area contributed by atoms with Crippen molar-refractivity contribution in [3.63, 3.8) is 0 Å². The van der Waals surface area contributed by atoms with E-state index in [0.29, 0.717) is 24.8 Å². The predicted octanol–water partition coefficient (Wildman–Crippen LogP) is 3.26. The van der Waals surface area contributed by atoms with Crippen LogP contribution in [0.2, 0.25) is 0 Å². The lowest BCUT2D eigenvalue weighted by molar-refractivity contribution is -0.122. The van der Waals surface area contributed by atoms with Gasteiger partial charge in [-0.15, -0.1) is 0 Å². The third-order valence-electron chi connectivity index (χ3n) is 5.85. The van der Waals surface area contributed by atoms with Gasteiger partial charge in [0, 0.05) is 29.3 Å². The Morgan fingerprint density at radius 1 is 1.30 bits per heavy atom. The van der Waals surface area contributed by atoms with Crippen LogP contribution >= 0.6 is 0 Å². The molecular weight excluding hydrogens is 389 g/mol. The Morgan fingerprint density at radius 2 is 2.10 bits per heavy atom. The zero-order valence-corrected chi connectivity index (χ0v) is 17.2. The Balaban J connectivity index is 1.51. The Hall–Kier alpha value is -2.97. The summed E-state index contributed by atoms with van der Waals surface area (Å²) in [4.78, 5) is 27.7. The molecule has 3 heterocycles. The Morgan fingerprint density at radius 3 is 2.87 bits per heavy atom. The highest BCUT2D eigenvalue weighted by atomic mass is 19.1. The molecule has 1 aliphatic carbocycles. The van der Waals surface area contributed by atoms with Gasteiger partial charge in [-0.3, -0.25) is 9.48 Å². The first kappa shape index (κ1) is 20.3. The molecule has 0 unspecified atom stereocenters. The van der Waals surface area contributed by atoms with E-state index in [4.69, 9.17) is 10.5 Å². The highest BCUT2D eigenvalue weighted by Gasteiger charge is 2.33. The van der Waals surface area contributed by atoms with Gasteiger partial charge >= 0.3 is 6.09 Å². The van der Waals surface area contributed by atoms with Crippen LogP contribution < -0.4 is 11.1 Å². The summed E-state index contributed by atoms with van der Waals surface area (Å²) < 4.78 is 21.5. The summed E-state index contributed by atoms with van der Waals surface area (Å²) in [6.45, 7) is 5.09. The van der Waals surface area contributed by atoms with Crippen LogP contribution in [0.1, 0.15) is 45.2 Å². The van der Waals surface area contributed by atoms with Crippen molar-refractivity contribution in [1.29, 1.82) is 0 Å². The van der Waals surface area contributed by atoms with Crippen molar-refractivity contribution in [3.8, 4) is 11.1 Å². The van der Waals surface area contributed by atoms with E-state index in [-0.39, 0.29) is 29.2 Å². The maximum absolute atomic E-state index is 14.6. The largest absolute Gasteiger partial charge is 0.446 e. The van der Waals surface area contributed by atoms with E-state index in [1.807, 2.05) is 4.68 Å². The lowest BCUT2D eigenvalue weighted by Crippen LogP contribution is -2.33. The number of primary amides is 1. The summed E-state index contributed by atoms with van der Waals surface area (Å²) in [6.07, 6.45) is 4.95. The van der Waals surface area contributed by atoms with Gasteiger partial charge in [0.05, 0.1) is 12.4 Å². The van der Waals surface area contributed by atoms with Crippen LogP contribution in [0.5, 0.6) is 0 Å². The van der Waals surface area contributed by atoms with Gasteiger partial charge in [0.2, 0.25) is 5.91 Å². The number of amides is 2. The molecule has 0 spiro atoms. The molecule has 3 N–H and O–H groups in total. The highest BCUT2D eigenvalue weighted by molar-refractivity contribution is 5.92. The number of nitrogens with zero attached hydrogens (tertiary/aromatic N) is 3. The molecule has 2 aromatic rings. The summed E-state index contributed by atoms with van der Waals surface area (Å²) in [6, 6.07) is 1.55. The number of hydrogen-bond donors (Lipinski definition) is 2. The van der Waals surface area contributed by atoms with Crippen LogP contribution in [0.25, 0.3) is 11.1 Å². The van der Waals surface area contributed by atoms with E-state index in [1.54, 1.807) is 12.3 Å². The van der Waals surface area contributed by atoms with Gasteiger partial charge in [0.25, 0.3) is 0 Å². The molecule has 4 rings (SSSR count). The molecule has 2 aromatic heterocycles. The van der Waals surface area contributed by atoms with E-state index >= 15 is 0 Å². The smallest absolute Gasteiger partial charge is 0.404 e.